The Morgan fingerprint density at radius 3 is 2.41 bits per heavy atom. The molecule has 8 nitrogen and oxygen atoms in total. The highest BCUT2D eigenvalue weighted by molar-refractivity contribution is 5.94. The largest absolute Gasteiger partial charge is 0.493 e. The van der Waals surface area contributed by atoms with Crippen molar-refractivity contribution >= 4 is 22.8 Å². The van der Waals surface area contributed by atoms with Crippen molar-refractivity contribution in [3.8, 4) is 11.5 Å². The van der Waals surface area contributed by atoms with E-state index in [-0.39, 0.29) is 18.4 Å². The van der Waals surface area contributed by atoms with Gasteiger partial charge in [0.25, 0.3) is 5.91 Å². The van der Waals surface area contributed by atoms with Crippen LogP contribution in [0.1, 0.15) is 41.0 Å². The molecule has 0 aliphatic carbocycles. The molecule has 0 spiro atoms. The molecule has 0 radical (unpaired) electrons. The number of fused-ring (bicyclic) bond motifs is 1. The van der Waals surface area contributed by atoms with Crippen molar-refractivity contribution in [2.75, 3.05) is 27.8 Å². The molecule has 0 unspecified atom stereocenters. The van der Waals surface area contributed by atoms with Gasteiger partial charge in [0, 0.05) is 32.1 Å². The van der Waals surface area contributed by atoms with Gasteiger partial charge < -0.3 is 24.3 Å². The van der Waals surface area contributed by atoms with Gasteiger partial charge in [0.1, 0.15) is 12.4 Å². The number of carbonyl (C=O) groups excluding carboxylic acids is 2. The summed E-state index contributed by atoms with van der Waals surface area (Å²) in [6.07, 6.45) is 3.44. The molecule has 0 saturated carbocycles. The van der Waals surface area contributed by atoms with Gasteiger partial charge in [-0.15, -0.1) is 0 Å². The Balaban J connectivity index is 1.29. The van der Waals surface area contributed by atoms with E-state index < -0.39 is 0 Å². The molecule has 1 N–H and O–H groups in total. The number of hydrogen-bond donors (Lipinski definition) is 1. The van der Waals surface area contributed by atoms with Gasteiger partial charge in [-0.25, -0.2) is 4.98 Å². The van der Waals surface area contributed by atoms with Crippen LogP contribution in [0.25, 0.3) is 11.0 Å². The summed E-state index contributed by atoms with van der Waals surface area (Å²) < 4.78 is 12.6. The summed E-state index contributed by atoms with van der Waals surface area (Å²) >= 11 is 0. The molecule has 0 fully saturated rings. The lowest BCUT2D eigenvalue weighted by Gasteiger charge is -2.19. The molecule has 1 heterocycles. The molecule has 204 valence electrons. The van der Waals surface area contributed by atoms with E-state index in [0.29, 0.717) is 30.2 Å². The molecule has 8 heteroatoms. The van der Waals surface area contributed by atoms with Crippen LogP contribution in [0.4, 0.5) is 0 Å². The first kappa shape index (κ1) is 27.7. The zero-order valence-electron chi connectivity index (χ0n) is 22.9. The highest BCUT2D eigenvalue weighted by Gasteiger charge is 2.16. The molecule has 1 aromatic heterocycles. The van der Waals surface area contributed by atoms with Gasteiger partial charge in [-0.2, -0.15) is 0 Å². The van der Waals surface area contributed by atoms with Crippen LogP contribution in [-0.2, 0) is 24.3 Å². The quantitative estimate of drug-likeness (QED) is 0.251. The summed E-state index contributed by atoms with van der Waals surface area (Å²) in [4.78, 5) is 32.2. The molecule has 3 aromatic carbocycles. The Hall–Kier alpha value is -4.33. The summed E-state index contributed by atoms with van der Waals surface area (Å²) in [6.45, 7) is 1.39. The predicted octanol–water partition coefficient (Wildman–Crippen LogP) is 4.85. The number of para-hydroxylation sites is 2. The van der Waals surface area contributed by atoms with E-state index in [1.807, 2.05) is 66.2 Å². The maximum absolute atomic E-state index is 13.1. The average Bonchev–Trinajstić information content (AvgIpc) is 3.31. The summed E-state index contributed by atoms with van der Waals surface area (Å²) in [5.41, 5.74) is 3.50. The van der Waals surface area contributed by atoms with E-state index in [4.69, 9.17) is 14.5 Å². The SMILES string of the molecule is COc1ccc(C(=O)NCCCCCc2nc3ccccc3n2CC(=O)N(C)Cc2ccccc2)cc1OC. The monoisotopic (exact) mass is 528 g/mol. The van der Waals surface area contributed by atoms with Crippen molar-refractivity contribution in [1.82, 2.24) is 19.8 Å². The fourth-order valence-corrected chi connectivity index (χ4v) is 4.56. The fourth-order valence-electron chi connectivity index (χ4n) is 4.56. The number of amides is 2. The minimum absolute atomic E-state index is 0.0427. The number of carbonyl (C=O) groups is 2. The first-order valence-electron chi connectivity index (χ1n) is 13.2. The Labute approximate surface area is 229 Å². The first-order valence-corrected chi connectivity index (χ1v) is 13.2. The minimum atomic E-state index is -0.143. The zero-order valence-corrected chi connectivity index (χ0v) is 22.9. The maximum atomic E-state index is 13.1. The zero-order chi connectivity index (χ0) is 27.6. The number of ether oxygens (including phenoxy) is 2. The lowest BCUT2D eigenvalue weighted by molar-refractivity contribution is -0.131. The van der Waals surface area contributed by atoms with E-state index in [1.54, 1.807) is 37.3 Å². The number of nitrogens with zero attached hydrogens (tertiary/aromatic N) is 3. The van der Waals surface area contributed by atoms with Crippen molar-refractivity contribution in [1.29, 1.82) is 0 Å². The molecule has 2 amide bonds. The Morgan fingerprint density at radius 1 is 0.897 bits per heavy atom. The third-order valence-electron chi connectivity index (χ3n) is 6.72. The molecule has 0 aliphatic rings. The second-order valence-electron chi connectivity index (χ2n) is 9.47. The third-order valence-corrected chi connectivity index (χ3v) is 6.72. The van der Waals surface area contributed by atoms with Crippen LogP contribution in [0, 0.1) is 0 Å². The van der Waals surface area contributed by atoms with Crippen LogP contribution in [0.3, 0.4) is 0 Å². The van der Waals surface area contributed by atoms with Crippen molar-refractivity contribution in [2.24, 2.45) is 0 Å². The summed E-state index contributed by atoms with van der Waals surface area (Å²) in [5, 5.41) is 2.97. The molecule has 0 aliphatic heterocycles. The van der Waals surface area contributed by atoms with Crippen molar-refractivity contribution in [3.05, 3.63) is 89.7 Å². The number of rotatable bonds is 13. The predicted molar refractivity (Wildman–Crippen MR) is 152 cm³/mol. The summed E-state index contributed by atoms with van der Waals surface area (Å²) in [7, 11) is 4.95. The number of nitrogens with one attached hydrogen (secondary N) is 1. The second kappa shape index (κ2) is 13.5. The highest BCUT2D eigenvalue weighted by atomic mass is 16.5. The molecule has 39 heavy (non-hydrogen) atoms. The number of benzene rings is 3. The molecular formula is C31H36N4O4. The molecule has 4 rings (SSSR count). The van der Waals surface area contributed by atoms with Crippen LogP contribution in [0.15, 0.2) is 72.8 Å². The number of unbranched alkanes of at least 4 members (excludes halogenated alkanes) is 2. The molecular weight excluding hydrogens is 492 g/mol. The van der Waals surface area contributed by atoms with E-state index >= 15 is 0 Å². The Bertz CT molecular complexity index is 1400. The van der Waals surface area contributed by atoms with Gasteiger partial charge in [-0.05, 0) is 48.7 Å². The lowest BCUT2D eigenvalue weighted by Crippen LogP contribution is -2.30. The fraction of sp³-hybridized carbons (Fsp3) is 0.323. The number of imidazole rings is 1. The van der Waals surface area contributed by atoms with Crippen molar-refractivity contribution in [2.45, 2.75) is 38.8 Å². The van der Waals surface area contributed by atoms with Gasteiger partial charge in [-0.3, -0.25) is 9.59 Å². The number of hydrogen-bond acceptors (Lipinski definition) is 5. The third kappa shape index (κ3) is 7.16. The molecule has 0 saturated heterocycles. The highest BCUT2D eigenvalue weighted by Crippen LogP contribution is 2.27. The number of likely N-dealkylation sites (N-methyl/N-ethyl adjacent to an activating group) is 1. The van der Waals surface area contributed by atoms with Gasteiger partial charge in [0.2, 0.25) is 5.91 Å². The van der Waals surface area contributed by atoms with Crippen LogP contribution in [-0.4, -0.2) is 54.1 Å². The van der Waals surface area contributed by atoms with Gasteiger partial charge in [0.15, 0.2) is 11.5 Å². The van der Waals surface area contributed by atoms with Crippen LogP contribution < -0.4 is 14.8 Å². The smallest absolute Gasteiger partial charge is 0.251 e. The Morgan fingerprint density at radius 2 is 1.64 bits per heavy atom. The van der Waals surface area contributed by atoms with Crippen LogP contribution in [0.2, 0.25) is 0 Å². The standard InChI is InChI=1S/C31H36N4O4/c1-34(21-23-12-6-4-7-13-23)30(36)22-35-26-15-10-9-14-25(26)33-29(35)16-8-5-11-19-32-31(37)24-17-18-27(38-2)28(20-24)39-3/h4,6-7,9-10,12-15,17-18,20H,5,8,11,16,19,21-22H2,1-3H3,(H,32,37). The first-order chi connectivity index (χ1) is 19.0. The Kier molecular flexibility index (Phi) is 9.56. The van der Waals surface area contributed by atoms with Gasteiger partial charge in [-0.1, -0.05) is 48.9 Å². The second-order valence-corrected chi connectivity index (χ2v) is 9.47. The summed E-state index contributed by atoms with van der Waals surface area (Å²) in [5.74, 6) is 1.92. The van der Waals surface area contributed by atoms with E-state index in [0.717, 1.165) is 48.1 Å². The molecule has 0 atom stereocenters. The van der Waals surface area contributed by atoms with Crippen LogP contribution >= 0.6 is 0 Å². The van der Waals surface area contributed by atoms with Gasteiger partial charge in [0.05, 0.1) is 25.3 Å². The van der Waals surface area contributed by atoms with E-state index in [2.05, 4.69) is 5.32 Å². The van der Waals surface area contributed by atoms with Crippen LogP contribution in [0.5, 0.6) is 11.5 Å². The van der Waals surface area contributed by atoms with E-state index in [1.165, 1.54) is 0 Å². The average molecular weight is 529 g/mol. The normalized spacial score (nSPS) is 10.8. The maximum Gasteiger partial charge on any atom is 0.251 e. The number of methoxy groups -OCH3 is 2. The van der Waals surface area contributed by atoms with Crippen molar-refractivity contribution in [3.63, 3.8) is 0 Å². The molecule has 4 aromatic rings. The van der Waals surface area contributed by atoms with Crippen molar-refractivity contribution < 1.29 is 19.1 Å². The number of aryl methyl sites for hydroxylation is 1. The summed E-state index contributed by atoms with van der Waals surface area (Å²) in [6, 6.07) is 23.1. The van der Waals surface area contributed by atoms with Gasteiger partial charge >= 0.3 is 0 Å². The lowest BCUT2D eigenvalue weighted by atomic mass is 10.1. The minimum Gasteiger partial charge on any atom is -0.493 e. The molecule has 0 bridgehead atoms. The van der Waals surface area contributed by atoms with E-state index in [9.17, 15) is 9.59 Å². The number of aromatic nitrogens is 2. The topological polar surface area (TPSA) is 85.7 Å².